The van der Waals surface area contributed by atoms with Crippen molar-refractivity contribution in [3.63, 3.8) is 0 Å². The minimum absolute atomic E-state index is 0.0616. The second-order valence-corrected chi connectivity index (χ2v) is 10.6. The molecule has 0 bridgehead atoms. The van der Waals surface area contributed by atoms with E-state index in [9.17, 15) is 18.3 Å². The number of anilines is 1. The fourth-order valence-electron chi connectivity index (χ4n) is 3.84. The Morgan fingerprint density at radius 2 is 2.03 bits per heavy atom. The number of fused-ring (bicyclic) bond motifs is 1. The molecule has 0 saturated heterocycles. The molecule has 1 fully saturated rings. The van der Waals surface area contributed by atoms with Crippen molar-refractivity contribution in [1.29, 1.82) is 0 Å². The quantitative estimate of drug-likeness (QED) is 0.639. The first-order chi connectivity index (χ1) is 14.1. The zero-order valence-electron chi connectivity index (χ0n) is 18.2. The number of aliphatic hydroxyl groups is 1. The van der Waals surface area contributed by atoms with Crippen LogP contribution in [0.25, 0.3) is 0 Å². The van der Waals surface area contributed by atoms with E-state index in [1.165, 1.54) is 18.9 Å². The number of likely N-dealkylation sites (N-methyl/N-ethyl adjacent to an activating group) is 1. The van der Waals surface area contributed by atoms with Gasteiger partial charge in [-0.1, -0.05) is 6.92 Å². The summed E-state index contributed by atoms with van der Waals surface area (Å²) < 4.78 is 32.0. The van der Waals surface area contributed by atoms with Gasteiger partial charge in [0, 0.05) is 31.2 Å². The third-order valence-corrected chi connectivity index (χ3v) is 6.33. The summed E-state index contributed by atoms with van der Waals surface area (Å²) >= 11 is 0. The van der Waals surface area contributed by atoms with Crippen LogP contribution >= 0.6 is 0 Å². The van der Waals surface area contributed by atoms with Gasteiger partial charge in [-0.2, -0.15) is 0 Å². The minimum Gasteiger partial charge on any atom is -0.488 e. The zero-order chi connectivity index (χ0) is 22.1. The lowest BCUT2D eigenvalue weighted by Gasteiger charge is -2.38. The first-order valence-corrected chi connectivity index (χ1v) is 12.4. The third-order valence-electron chi connectivity index (χ3n) is 5.73. The highest BCUT2D eigenvalue weighted by Gasteiger charge is 2.34. The highest BCUT2D eigenvalue weighted by Crippen LogP contribution is 2.32. The van der Waals surface area contributed by atoms with Gasteiger partial charge in [-0.3, -0.25) is 9.52 Å². The Labute approximate surface area is 179 Å². The van der Waals surface area contributed by atoms with Gasteiger partial charge >= 0.3 is 0 Å². The monoisotopic (exact) mass is 439 g/mol. The highest BCUT2D eigenvalue weighted by atomic mass is 32.2. The molecule has 0 aromatic heterocycles. The molecule has 0 radical (unpaired) electrons. The fourth-order valence-corrected chi connectivity index (χ4v) is 4.40. The molecule has 3 atom stereocenters. The molecular formula is C21H33N3O5S. The maximum Gasteiger partial charge on any atom is 0.258 e. The standard InChI is InChI=1S/C21H33N3O5S/c1-14-10-24(15(2)13-25)21(26)18-9-17(22-30(4,27)28)7-8-19(18)29-20(14)12-23(3)11-16-5-6-16/h7-9,14-16,20,22,25H,5-6,10-13H2,1-4H3/t14-,15-,20+/m0/s1. The van der Waals surface area contributed by atoms with Gasteiger partial charge in [0.2, 0.25) is 10.0 Å². The second kappa shape index (κ2) is 9.11. The second-order valence-electron chi connectivity index (χ2n) is 8.87. The molecule has 9 heteroatoms. The van der Waals surface area contributed by atoms with Gasteiger partial charge in [0.25, 0.3) is 5.91 Å². The van der Waals surface area contributed by atoms with Crippen molar-refractivity contribution in [1.82, 2.24) is 9.80 Å². The maximum absolute atomic E-state index is 13.3. The normalized spacial score (nSPS) is 23.4. The molecule has 3 rings (SSSR count). The highest BCUT2D eigenvalue weighted by molar-refractivity contribution is 7.92. The molecule has 1 amide bonds. The molecular weight excluding hydrogens is 406 g/mol. The summed E-state index contributed by atoms with van der Waals surface area (Å²) in [5.74, 6) is 0.987. The molecule has 1 aliphatic carbocycles. The van der Waals surface area contributed by atoms with Crippen LogP contribution in [0.4, 0.5) is 5.69 Å². The predicted octanol–water partition coefficient (Wildman–Crippen LogP) is 1.62. The number of hydrogen-bond donors (Lipinski definition) is 2. The van der Waals surface area contributed by atoms with Crippen LogP contribution in [-0.2, 0) is 10.0 Å². The minimum atomic E-state index is -3.48. The summed E-state index contributed by atoms with van der Waals surface area (Å²) in [6, 6.07) is 4.40. The van der Waals surface area contributed by atoms with Crippen molar-refractivity contribution in [2.75, 3.05) is 44.3 Å². The number of ether oxygens (including phenoxy) is 1. The van der Waals surface area contributed by atoms with Gasteiger partial charge < -0.3 is 19.6 Å². The molecule has 2 aliphatic rings. The summed E-state index contributed by atoms with van der Waals surface area (Å²) in [5, 5.41) is 9.70. The fraction of sp³-hybridized carbons (Fsp3) is 0.667. The van der Waals surface area contributed by atoms with Crippen molar-refractivity contribution >= 4 is 21.6 Å². The topological polar surface area (TPSA) is 99.2 Å². The lowest BCUT2D eigenvalue weighted by atomic mass is 9.99. The van der Waals surface area contributed by atoms with E-state index in [1.807, 2.05) is 0 Å². The van der Waals surface area contributed by atoms with E-state index in [2.05, 4.69) is 23.6 Å². The molecule has 1 heterocycles. The van der Waals surface area contributed by atoms with E-state index in [-0.39, 0.29) is 30.6 Å². The van der Waals surface area contributed by atoms with E-state index >= 15 is 0 Å². The number of nitrogens with one attached hydrogen (secondary N) is 1. The number of amides is 1. The molecule has 2 N–H and O–H groups in total. The largest absolute Gasteiger partial charge is 0.488 e. The average Bonchev–Trinajstić information content (AvgIpc) is 3.47. The van der Waals surface area contributed by atoms with Gasteiger partial charge in [0.1, 0.15) is 11.9 Å². The van der Waals surface area contributed by atoms with E-state index < -0.39 is 10.0 Å². The van der Waals surface area contributed by atoms with Crippen molar-refractivity contribution in [2.45, 2.75) is 38.8 Å². The van der Waals surface area contributed by atoms with Crippen LogP contribution in [0.1, 0.15) is 37.0 Å². The molecule has 8 nitrogen and oxygen atoms in total. The van der Waals surface area contributed by atoms with Crippen LogP contribution in [0, 0.1) is 11.8 Å². The smallest absolute Gasteiger partial charge is 0.258 e. The molecule has 1 saturated carbocycles. The molecule has 1 aromatic rings. The van der Waals surface area contributed by atoms with Gasteiger partial charge in [0.05, 0.1) is 24.5 Å². The van der Waals surface area contributed by atoms with Crippen molar-refractivity contribution in [3.8, 4) is 5.75 Å². The van der Waals surface area contributed by atoms with Crippen LogP contribution in [-0.4, -0.2) is 80.9 Å². The van der Waals surface area contributed by atoms with Crippen LogP contribution in [0.15, 0.2) is 18.2 Å². The maximum atomic E-state index is 13.3. The first kappa shape index (κ1) is 22.8. The van der Waals surface area contributed by atoms with E-state index in [0.29, 0.717) is 23.5 Å². The van der Waals surface area contributed by atoms with E-state index in [1.54, 1.807) is 24.0 Å². The number of carbonyl (C=O) groups excluding carboxylic acids is 1. The Bertz CT molecular complexity index is 871. The number of sulfonamides is 1. The Hall–Kier alpha value is -1.84. The van der Waals surface area contributed by atoms with E-state index in [0.717, 1.165) is 25.3 Å². The van der Waals surface area contributed by atoms with Gasteiger partial charge in [-0.15, -0.1) is 0 Å². The zero-order valence-corrected chi connectivity index (χ0v) is 19.0. The molecule has 1 aliphatic heterocycles. The first-order valence-electron chi connectivity index (χ1n) is 10.5. The van der Waals surface area contributed by atoms with Crippen molar-refractivity contribution in [3.05, 3.63) is 23.8 Å². The lowest BCUT2D eigenvalue weighted by molar-refractivity contribution is 0.0344. The molecule has 0 spiro atoms. The summed E-state index contributed by atoms with van der Waals surface area (Å²) in [7, 11) is -1.39. The van der Waals surface area contributed by atoms with Crippen molar-refractivity contribution in [2.24, 2.45) is 11.8 Å². The number of aliphatic hydroxyl groups excluding tert-OH is 1. The predicted molar refractivity (Wildman–Crippen MR) is 116 cm³/mol. The van der Waals surface area contributed by atoms with Crippen LogP contribution in [0.3, 0.4) is 0 Å². The van der Waals surface area contributed by atoms with Crippen molar-refractivity contribution < 1.29 is 23.1 Å². The third kappa shape index (κ3) is 5.86. The van der Waals surface area contributed by atoms with E-state index in [4.69, 9.17) is 4.74 Å². The van der Waals surface area contributed by atoms with Crippen LogP contribution in [0.2, 0.25) is 0 Å². The Morgan fingerprint density at radius 1 is 1.33 bits per heavy atom. The summed E-state index contributed by atoms with van der Waals surface area (Å²) in [6.07, 6.45) is 3.49. The average molecular weight is 440 g/mol. The summed E-state index contributed by atoms with van der Waals surface area (Å²) in [5.41, 5.74) is 0.603. The van der Waals surface area contributed by atoms with Crippen LogP contribution < -0.4 is 9.46 Å². The Morgan fingerprint density at radius 3 is 2.63 bits per heavy atom. The number of carbonyl (C=O) groups is 1. The van der Waals surface area contributed by atoms with Gasteiger partial charge in [-0.05, 0) is 50.9 Å². The molecule has 168 valence electrons. The SMILES string of the molecule is C[C@H]1CN([C@@H](C)CO)C(=O)c2cc(NS(C)(=O)=O)ccc2O[C@@H]1CN(C)CC1CC1. The number of nitrogens with zero attached hydrogens (tertiary/aromatic N) is 2. The molecule has 30 heavy (non-hydrogen) atoms. The summed E-state index contributed by atoms with van der Waals surface area (Å²) in [4.78, 5) is 17.2. The van der Waals surface area contributed by atoms with Gasteiger partial charge in [-0.25, -0.2) is 8.42 Å². The summed E-state index contributed by atoms with van der Waals surface area (Å²) in [6.45, 7) is 5.93. The Balaban J connectivity index is 1.93. The molecule has 0 unspecified atom stereocenters. The number of benzene rings is 1. The number of hydrogen-bond acceptors (Lipinski definition) is 6. The number of rotatable bonds is 8. The van der Waals surface area contributed by atoms with Gasteiger partial charge in [0.15, 0.2) is 0 Å². The molecule has 1 aromatic carbocycles. The Kier molecular flexibility index (Phi) is 6.94. The lowest BCUT2D eigenvalue weighted by Crippen LogP contribution is -2.50. The van der Waals surface area contributed by atoms with Crippen LogP contribution in [0.5, 0.6) is 5.75 Å².